The second kappa shape index (κ2) is 8.26. The molecule has 2 heterocycles. The molecule has 0 aliphatic carbocycles. The van der Waals surface area contributed by atoms with Gasteiger partial charge in [-0.2, -0.15) is 0 Å². The van der Waals surface area contributed by atoms with Gasteiger partial charge in [-0.25, -0.2) is 0 Å². The molecule has 3 rings (SSSR count). The molecule has 0 bridgehead atoms. The van der Waals surface area contributed by atoms with Gasteiger partial charge in [0.15, 0.2) is 0 Å². The molecular weight excluding hydrogens is 354 g/mol. The lowest BCUT2D eigenvalue weighted by molar-refractivity contribution is -0.114. The number of carbonyl (C=O) groups is 2. The average molecular weight is 369 g/mol. The van der Waals surface area contributed by atoms with E-state index in [1.54, 1.807) is 42.7 Å². The van der Waals surface area contributed by atoms with Crippen molar-refractivity contribution in [2.24, 2.45) is 0 Å². The van der Waals surface area contributed by atoms with Gasteiger partial charge in [-0.05, 0) is 30.3 Å². The van der Waals surface area contributed by atoms with Gasteiger partial charge in [0.05, 0.1) is 11.3 Å². The lowest BCUT2D eigenvalue weighted by Gasteiger charge is -2.07. The summed E-state index contributed by atoms with van der Waals surface area (Å²) in [6.07, 6.45) is 3.28. The van der Waals surface area contributed by atoms with Gasteiger partial charge in [0, 0.05) is 30.7 Å². The SMILES string of the molecule is CC(=O)Nc1cccc(NC(=O)CSc2nnc(-c3cccnc3)o2)c1. The van der Waals surface area contributed by atoms with Crippen LogP contribution in [0.3, 0.4) is 0 Å². The number of rotatable bonds is 6. The van der Waals surface area contributed by atoms with Crippen LogP contribution in [0.2, 0.25) is 0 Å². The van der Waals surface area contributed by atoms with E-state index in [2.05, 4.69) is 25.8 Å². The van der Waals surface area contributed by atoms with Crippen LogP contribution in [0, 0.1) is 0 Å². The van der Waals surface area contributed by atoms with E-state index >= 15 is 0 Å². The molecule has 1 aromatic carbocycles. The fourth-order valence-corrected chi connectivity index (χ4v) is 2.64. The summed E-state index contributed by atoms with van der Waals surface area (Å²) in [7, 11) is 0. The maximum absolute atomic E-state index is 12.1. The average Bonchev–Trinajstić information content (AvgIpc) is 3.09. The van der Waals surface area contributed by atoms with Crippen LogP contribution in [-0.4, -0.2) is 32.7 Å². The maximum Gasteiger partial charge on any atom is 0.277 e. The Balaban J connectivity index is 1.55. The number of aromatic nitrogens is 3. The summed E-state index contributed by atoms with van der Waals surface area (Å²) in [5, 5.41) is 13.6. The summed E-state index contributed by atoms with van der Waals surface area (Å²) in [4.78, 5) is 27.1. The van der Waals surface area contributed by atoms with Gasteiger partial charge >= 0.3 is 0 Å². The standard InChI is InChI=1S/C17H15N5O3S/c1-11(23)19-13-5-2-6-14(8-13)20-15(24)10-26-17-22-21-16(25-17)12-4-3-7-18-9-12/h2-9H,10H2,1H3,(H,19,23)(H,20,24). The van der Waals surface area contributed by atoms with Gasteiger partial charge in [0.25, 0.3) is 5.22 Å². The highest BCUT2D eigenvalue weighted by atomic mass is 32.2. The Morgan fingerprint density at radius 1 is 1.12 bits per heavy atom. The molecular formula is C17H15N5O3S. The molecule has 132 valence electrons. The van der Waals surface area contributed by atoms with Crippen LogP contribution < -0.4 is 10.6 Å². The summed E-state index contributed by atoms with van der Waals surface area (Å²) < 4.78 is 5.51. The van der Waals surface area contributed by atoms with Gasteiger partial charge in [0.2, 0.25) is 17.7 Å². The Morgan fingerprint density at radius 3 is 2.65 bits per heavy atom. The Bertz CT molecular complexity index is 914. The molecule has 0 aliphatic heterocycles. The van der Waals surface area contributed by atoms with E-state index in [0.717, 1.165) is 11.8 Å². The summed E-state index contributed by atoms with van der Waals surface area (Å²) in [5.74, 6) is 0.0592. The fraction of sp³-hybridized carbons (Fsp3) is 0.118. The van der Waals surface area contributed by atoms with Crippen molar-refractivity contribution < 1.29 is 14.0 Å². The molecule has 0 aliphatic rings. The molecule has 0 radical (unpaired) electrons. The monoisotopic (exact) mass is 369 g/mol. The number of hydrogen-bond acceptors (Lipinski definition) is 7. The zero-order chi connectivity index (χ0) is 18.4. The Kier molecular flexibility index (Phi) is 5.59. The highest BCUT2D eigenvalue weighted by molar-refractivity contribution is 7.99. The highest BCUT2D eigenvalue weighted by Crippen LogP contribution is 2.22. The third kappa shape index (κ3) is 4.90. The number of carbonyl (C=O) groups excluding carboxylic acids is 2. The summed E-state index contributed by atoms with van der Waals surface area (Å²) >= 11 is 1.14. The maximum atomic E-state index is 12.1. The number of amides is 2. The van der Waals surface area contributed by atoms with E-state index in [4.69, 9.17) is 4.42 Å². The van der Waals surface area contributed by atoms with Crippen LogP contribution in [0.15, 0.2) is 58.4 Å². The quantitative estimate of drug-likeness (QED) is 0.643. The van der Waals surface area contributed by atoms with Crippen LogP contribution in [-0.2, 0) is 9.59 Å². The number of hydrogen-bond donors (Lipinski definition) is 2. The van der Waals surface area contributed by atoms with Crippen LogP contribution in [0.4, 0.5) is 11.4 Å². The van der Waals surface area contributed by atoms with E-state index in [9.17, 15) is 9.59 Å². The van der Waals surface area contributed by atoms with Gasteiger partial charge < -0.3 is 15.1 Å². The first kappa shape index (κ1) is 17.6. The fourth-order valence-electron chi connectivity index (χ4n) is 2.08. The second-order valence-electron chi connectivity index (χ2n) is 5.21. The van der Waals surface area contributed by atoms with Crippen molar-refractivity contribution in [3.63, 3.8) is 0 Å². The minimum absolute atomic E-state index is 0.110. The van der Waals surface area contributed by atoms with E-state index in [1.165, 1.54) is 6.92 Å². The van der Waals surface area contributed by atoms with Crippen LogP contribution in [0.25, 0.3) is 11.5 Å². The molecule has 0 spiro atoms. The van der Waals surface area contributed by atoms with Crippen molar-refractivity contribution in [3.05, 3.63) is 48.8 Å². The lowest BCUT2D eigenvalue weighted by atomic mass is 10.2. The first-order valence-corrected chi connectivity index (χ1v) is 8.63. The molecule has 0 saturated carbocycles. The van der Waals surface area contributed by atoms with Gasteiger partial charge in [-0.15, -0.1) is 10.2 Å². The molecule has 0 atom stereocenters. The van der Waals surface area contributed by atoms with Crippen molar-refractivity contribution in [3.8, 4) is 11.5 Å². The number of nitrogens with zero attached hydrogens (tertiary/aromatic N) is 3. The van der Waals surface area contributed by atoms with Crippen molar-refractivity contribution in [2.45, 2.75) is 12.1 Å². The van der Waals surface area contributed by atoms with Gasteiger partial charge in [-0.1, -0.05) is 17.8 Å². The predicted molar refractivity (Wildman–Crippen MR) is 97.6 cm³/mol. The third-order valence-electron chi connectivity index (χ3n) is 3.11. The van der Waals surface area contributed by atoms with E-state index < -0.39 is 0 Å². The number of nitrogens with one attached hydrogen (secondary N) is 2. The third-order valence-corrected chi connectivity index (χ3v) is 3.93. The zero-order valence-corrected chi connectivity index (χ0v) is 14.6. The highest BCUT2D eigenvalue weighted by Gasteiger charge is 2.11. The summed E-state index contributed by atoms with van der Waals surface area (Å²) in [5.41, 5.74) is 1.91. The van der Waals surface area contributed by atoms with Crippen molar-refractivity contribution in [2.75, 3.05) is 16.4 Å². The summed E-state index contributed by atoms with van der Waals surface area (Å²) in [6.45, 7) is 1.42. The Labute approximate surface area is 153 Å². The van der Waals surface area contributed by atoms with Crippen molar-refractivity contribution in [1.82, 2.24) is 15.2 Å². The lowest BCUT2D eigenvalue weighted by Crippen LogP contribution is -2.14. The predicted octanol–water partition coefficient (Wildman–Crippen LogP) is 2.82. The smallest absolute Gasteiger partial charge is 0.277 e. The number of anilines is 2. The second-order valence-corrected chi connectivity index (χ2v) is 6.14. The molecule has 8 nitrogen and oxygen atoms in total. The van der Waals surface area contributed by atoms with E-state index in [0.29, 0.717) is 28.1 Å². The van der Waals surface area contributed by atoms with Crippen molar-refractivity contribution in [1.29, 1.82) is 0 Å². The Hall–Kier alpha value is -3.20. The zero-order valence-electron chi connectivity index (χ0n) is 13.8. The van der Waals surface area contributed by atoms with E-state index in [1.807, 2.05) is 6.07 Å². The number of pyridine rings is 1. The molecule has 0 unspecified atom stereocenters. The topological polar surface area (TPSA) is 110 Å². The molecule has 26 heavy (non-hydrogen) atoms. The molecule has 9 heteroatoms. The number of benzene rings is 1. The normalized spacial score (nSPS) is 10.3. The van der Waals surface area contributed by atoms with Crippen LogP contribution >= 0.6 is 11.8 Å². The first-order chi connectivity index (χ1) is 12.6. The molecule has 2 aromatic heterocycles. The van der Waals surface area contributed by atoms with Crippen LogP contribution in [0.5, 0.6) is 0 Å². The van der Waals surface area contributed by atoms with Gasteiger partial charge in [0.1, 0.15) is 0 Å². The van der Waals surface area contributed by atoms with E-state index in [-0.39, 0.29) is 17.6 Å². The van der Waals surface area contributed by atoms with Gasteiger partial charge in [-0.3, -0.25) is 14.6 Å². The number of thioether (sulfide) groups is 1. The molecule has 0 saturated heterocycles. The molecule has 0 fully saturated rings. The first-order valence-electron chi connectivity index (χ1n) is 7.64. The van der Waals surface area contributed by atoms with Crippen molar-refractivity contribution >= 4 is 35.0 Å². The largest absolute Gasteiger partial charge is 0.411 e. The molecule has 3 aromatic rings. The summed E-state index contributed by atoms with van der Waals surface area (Å²) in [6, 6.07) is 10.5. The Morgan fingerprint density at radius 2 is 1.92 bits per heavy atom. The van der Waals surface area contributed by atoms with Crippen LogP contribution in [0.1, 0.15) is 6.92 Å². The minimum Gasteiger partial charge on any atom is -0.411 e. The molecule has 2 N–H and O–H groups in total. The minimum atomic E-state index is -0.226. The molecule has 2 amide bonds.